The maximum Gasteiger partial charge on any atom is 0.307 e. The first-order chi connectivity index (χ1) is 13.4. The summed E-state index contributed by atoms with van der Waals surface area (Å²) in [7, 11) is 0. The molecule has 0 aromatic carbocycles. The van der Waals surface area contributed by atoms with Crippen LogP contribution in [0.4, 0.5) is 5.69 Å². The van der Waals surface area contributed by atoms with E-state index in [2.05, 4.69) is 23.8 Å². The number of morpholine rings is 1. The number of rotatable bonds is 6. The SMILES string of the molecule is CC(C)CCN1CCOCC12COCCN(C(=O)Cn1cc([N+](=O)[O-])cn1)C2. The molecular formula is C18H29N5O5. The number of hydrogen-bond acceptors (Lipinski definition) is 7. The molecule has 10 nitrogen and oxygen atoms in total. The van der Waals surface area contributed by atoms with Crippen LogP contribution in [0.5, 0.6) is 0 Å². The minimum atomic E-state index is -0.519. The molecule has 10 heteroatoms. The summed E-state index contributed by atoms with van der Waals surface area (Å²) in [6.45, 7) is 9.36. The van der Waals surface area contributed by atoms with Gasteiger partial charge >= 0.3 is 5.69 Å². The van der Waals surface area contributed by atoms with Crippen molar-refractivity contribution in [3.05, 3.63) is 22.5 Å². The first-order valence-corrected chi connectivity index (χ1v) is 9.75. The third-order valence-electron chi connectivity index (χ3n) is 5.37. The number of aromatic nitrogens is 2. The normalized spacial score (nSPS) is 23.9. The summed E-state index contributed by atoms with van der Waals surface area (Å²) in [6.07, 6.45) is 3.51. The molecule has 0 saturated carbocycles. The molecule has 2 aliphatic rings. The van der Waals surface area contributed by atoms with Gasteiger partial charge in [0.05, 0.1) is 36.9 Å². The van der Waals surface area contributed by atoms with Crippen molar-refractivity contribution in [3.63, 3.8) is 0 Å². The maximum atomic E-state index is 12.9. The van der Waals surface area contributed by atoms with Crippen LogP contribution in [0.25, 0.3) is 0 Å². The summed E-state index contributed by atoms with van der Waals surface area (Å²) in [6, 6.07) is 0. The van der Waals surface area contributed by atoms with E-state index in [0.717, 1.165) is 25.7 Å². The topological polar surface area (TPSA) is 103 Å². The van der Waals surface area contributed by atoms with Crippen LogP contribution in [-0.2, 0) is 20.8 Å². The van der Waals surface area contributed by atoms with Crippen molar-refractivity contribution in [3.8, 4) is 0 Å². The molecule has 1 aromatic rings. The quantitative estimate of drug-likeness (QED) is 0.518. The second-order valence-electron chi connectivity index (χ2n) is 7.97. The Morgan fingerprint density at radius 2 is 2.04 bits per heavy atom. The lowest BCUT2D eigenvalue weighted by Crippen LogP contribution is -2.64. The molecule has 28 heavy (non-hydrogen) atoms. The molecule has 3 heterocycles. The summed E-state index contributed by atoms with van der Waals surface area (Å²) >= 11 is 0. The van der Waals surface area contributed by atoms with Crippen LogP contribution in [0.2, 0.25) is 0 Å². The first kappa shape index (κ1) is 20.7. The van der Waals surface area contributed by atoms with Crippen molar-refractivity contribution >= 4 is 11.6 Å². The lowest BCUT2D eigenvalue weighted by molar-refractivity contribution is -0.385. The molecule has 1 amide bonds. The average molecular weight is 395 g/mol. The molecule has 1 spiro atoms. The zero-order chi connectivity index (χ0) is 20.1. The fraction of sp³-hybridized carbons (Fsp3) is 0.778. The smallest absolute Gasteiger partial charge is 0.307 e. The molecule has 156 valence electrons. The first-order valence-electron chi connectivity index (χ1n) is 9.75. The molecular weight excluding hydrogens is 366 g/mol. The molecule has 3 rings (SSSR count). The van der Waals surface area contributed by atoms with Gasteiger partial charge in [-0.05, 0) is 18.9 Å². The molecule has 1 unspecified atom stereocenters. The van der Waals surface area contributed by atoms with Gasteiger partial charge in [0, 0.05) is 19.6 Å². The fourth-order valence-electron chi connectivity index (χ4n) is 3.71. The van der Waals surface area contributed by atoms with E-state index in [0.29, 0.717) is 45.4 Å². The molecule has 2 aliphatic heterocycles. The van der Waals surface area contributed by atoms with E-state index in [9.17, 15) is 14.9 Å². The number of ether oxygens (including phenoxy) is 2. The van der Waals surface area contributed by atoms with Gasteiger partial charge in [-0.1, -0.05) is 13.8 Å². The van der Waals surface area contributed by atoms with Crippen molar-refractivity contribution in [2.75, 3.05) is 52.6 Å². The number of hydrogen-bond donors (Lipinski definition) is 0. The highest BCUT2D eigenvalue weighted by molar-refractivity contribution is 5.76. The zero-order valence-corrected chi connectivity index (χ0v) is 16.6. The van der Waals surface area contributed by atoms with Gasteiger partial charge in [0.25, 0.3) is 0 Å². The molecule has 0 radical (unpaired) electrons. The Bertz CT molecular complexity index is 694. The maximum absolute atomic E-state index is 12.9. The summed E-state index contributed by atoms with van der Waals surface area (Å²) in [5, 5.41) is 14.7. The van der Waals surface area contributed by atoms with Crippen molar-refractivity contribution < 1.29 is 19.2 Å². The molecule has 1 aromatic heterocycles. The van der Waals surface area contributed by atoms with Crippen molar-refractivity contribution in [2.45, 2.75) is 32.4 Å². The van der Waals surface area contributed by atoms with Crippen LogP contribution in [0.1, 0.15) is 20.3 Å². The lowest BCUT2D eigenvalue weighted by Gasteiger charge is -2.47. The van der Waals surface area contributed by atoms with Gasteiger partial charge in [0.1, 0.15) is 18.9 Å². The van der Waals surface area contributed by atoms with E-state index < -0.39 is 4.92 Å². The molecule has 0 aliphatic carbocycles. The second-order valence-corrected chi connectivity index (χ2v) is 7.97. The van der Waals surface area contributed by atoms with Gasteiger partial charge in [-0.3, -0.25) is 24.5 Å². The molecule has 1 atom stereocenters. The number of amides is 1. The predicted octanol–water partition coefficient (Wildman–Crippen LogP) is 0.767. The summed E-state index contributed by atoms with van der Waals surface area (Å²) in [5.74, 6) is 0.470. The third kappa shape index (κ3) is 4.86. The number of carbonyl (C=O) groups excluding carboxylic acids is 1. The van der Waals surface area contributed by atoms with Gasteiger partial charge < -0.3 is 14.4 Å². The minimum Gasteiger partial charge on any atom is -0.378 e. The lowest BCUT2D eigenvalue weighted by atomic mass is 9.95. The average Bonchev–Trinajstić information content (AvgIpc) is 3.02. The zero-order valence-electron chi connectivity index (χ0n) is 16.6. The number of carbonyl (C=O) groups is 1. The highest BCUT2D eigenvalue weighted by atomic mass is 16.6. The Balaban J connectivity index is 1.70. The van der Waals surface area contributed by atoms with Gasteiger partial charge in [0.2, 0.25) is 5.91 Å². The van der Waals surface area contributed by atoms with Crippen molar-refractivity contribution in [1.29, 1.82) is 0 Å². The summed E-state index contributed by atoms with van der Waals surface area (Å²) in [4.78, 5) is 27.4. The Labute approximate surface area is 164 Å². The Kier molecular flexibility index (Phi) is 6.63. The van der Waals surface area contributed by atoms with Crippen molar-refractivity contribution in [1.82, 2.24) is 19.6 Å². The highest BCUT2D eigenvalue weighted by Gasteiger charge is 2.43. The number of nitrogens with zero attached hydrogens (tertiary/aromatic N) is 5. The summed E-state index contributed by atoms with van der Waals surface area (Å²) < 4.78 is 13.0. The van der Waals surface area contributed by atoms with Crippen LogP contribution < -0.4 is 0 Å². The predicted molar refractivity (Wildman–Crippen MR) is 101 cm³/mol. The molecule has 2 fully saturated rings. The van der Waals surface area contributed by atoms with Gasteiger partial charge in [0.15, 0.2) is 0 Å². The minimum absolute atomic E-state index is 0.0310. The highest BCUT2D eigenvalue weighted by Crippen LogP contribution is 2.26. The van der Waals surface area contributed by atoms with Crippen molar-refractivity contribution in [2.24, 2.45) is 5.92 Å². The second kappa shape index (κ2) is 8.97. The monoisotopic (exact) mass is 395 g/mol. The van der Waals surface area contributed by atoms with E-state index >= 15 is 0 Å². The van der Waals surface area contributed by atoms with Crippen LogP contribution in [0, 0.1) is 16.0 Å². The van der Waals surface area contributed by atoms with Gasteiger partial charge in [-0.25, -0.2) is 0 Å². The van der Waals surface area contributed by atoms with Gasteiger partial charge in [-0.2, -0.15) is 5.10 Å². The molecule has 0 bridgehead atoms. The Morgan fingerprint density at radius 3 is 2.68 bits per heavy atom. The fourth-order valence-corrected chi connectivity index (χ4v) is 3.71. The molecule has 0 N–H and O–H groups in total. The number of nitro groups is 1. The van der Waals surface area contributed by atoms with E-state index in [1.165, 1.54) is 10.9 Å². The van der Waals surface area contributed by atoms with E-state index in [4.69, 9.17) is 9.47 Å². The van der Waals surface area contributed by atoms with Crippen LogP contribution >= 0.6 is 0 Å². The van der Waals surface area contributed by atoms with E-state index in [1.807, 2.05) is 0 Å². The van der Waals surface area contributed by atoms with Crippen LogP contribution in [0.3, 0.4) is 0 Å². The Hall–Kier alpha value is -2.04. The standard InChI is InChI=1S/C18H29N5O5/c1-15(2)3-4-21-6-8-28-14-18(21)12-20(5-7-27-13-18)17(24)11-22-10-16(9-19-22)23(25)26/h9-10,15H,3-8,11-14H2,1-2H3. The van der Waals surface area contributed by atoms with E-state index in [-0.39, 0.29) is 23.7 Å². The summed E-state index contributed by atoms with van der Waals surface area (Å²) in [5.41, 5.74) is -0.473. The van der Waals surface area contributed by atoms with E-state index in [1.54, 1.807) is 4.90 Å². The van der Waals surface area contributed by atoms with Crippen LogP contribution in [-0.4, -0.2) is 88.6 Å². The van der Waals surface area contributed by atoms with Crippen LogP contribution in [0.15, 0.2) is 12.4 Å². The molecule has 2 saturated heterocycles. The largest absolute Gasteiger partial charge is 0.378 e. The third-order valence-corrected chi connectivity index (χ3v) is 5.37. The Morgan fingerprint density at radius 1 is 1.32 bits per heavy atom. The van der Waals surface area contributed by atoms with Gasteiger partial charge in [-0.15, -0.1) is 0 Å².